The van der Waals surface area contributed by atoms with Gasteiger partial charge in [0.25, 0.3) is 5.69 Å². The summed E-state index contributed by atoms with van der Waals surface area (Å²) in [6, 6.07) is 6.15. The molecule has 21 heavy (non-hydrogen) atoms. The lowest BCUT2D eigenvalue weighted by molar-refractivity contribution is -0.384. The zero-order valence-corrected chi connectivity index (χ0v) is 12.6. The predicted octanol–water partition coefficient (Wildman–Crippen LogP) is 2.36. The van der Waals surface area contributed by atoms with Gasteiger partial charge in [-0.2, -0.15) is 0 Å². The van der Waals surface area contributed by atoms with Gasteiger partial charge in [0.2, 0.25) is 5.91 Å². The molecule has 1 amide bonds. The van der Waals surface area contributed by atoms with Crippen molar-refractivity contribution >= 4 is 23.4 Å². The summed E-state index contributed by atoms with van der Waals surface area (Å²) in [6.45, 7) is 0.864. The van der Waals surface area contributed by atoms with Gasteiger partial charge in [0.05, 0.1) is 10.7 Å². The second kappa shape index (κ2) is 10.2. The summed E-state index contributed by atoms with van der Waals surface area (Å²) in [7, 11) is 0. The molecule has 1 rings (SSSR count). The highest BCUT2D eigenvalue weighted by atomic mass is 32.2. The molecular formula is C14H20N2O4S. The van der Waals surface area contributed by atoms with E-state index in [-0.39, 0.29) is 18.2 Å². The number of hydrogen-bond donors (Lipinski definition) is 2. The molecular weight excluding hydrogens is 292 g/mol. The Morgan fingerprint density at radius 3 is 2.48 bits per heavy atom. The fourth-order valence-electron chi connectivity index (χ4n) is 1.68. The maximum absolute atomic E-state index is 11.6. The highest BCUT2D eigenvalue weighted by Crippen LogP contribution is 2.20. The first kappa shape index (κ1) is 17.5. The zero-order valence-electron chi connectivity index (χ0n) is 11.8. The van der Waals surface area contributed by atoms with Crippen LogP contribution in [0, 0.1) is 10.1 Å². The molecule has 0 radical (unpaired) electrons. The molecule has 116 valence electrons. The molecule has 7 heteroatoms. The second-order valence-corrected chi connectivity index (χ2v) is 5.58. The van der Waals surface area contributed by atoms with Gasteiger partial charge < -0.3 is 10.4 Å². The summed E-state index contributed by atoms with van der Waals surface area (Å²) >= 11 is 1.35. The van der Waals surface area contributed by atoms with Crippen LogP contribution in [0.2, 0.25) is 0 Å². The predicted molar refractivity (Wildman–Crippen MR) is 82.4 cm³/mol. The fourth-order valence-corrected chi connectivity index (χ4v) is 2.41. The smallest absolute Gasteiger partial charge is 0.269 e. The van der Waals surface area contributed by atoms with Gasteiger partial charge in [-0.1, -0.05) is 12.8 Å². The SMILES string of the molecule is O=C(CSc1ccc([N+](=O)[O-])cc1)NCCCCCCO. The average Bonchev–Trinajstić information content (AvgIpc) is 2.49. The minimum Gasteiger partial charge on any atom is -0.396 e. The van der Waals surface area contributed by atoms with Crippen molar-refractivity contribution in [3.63, 3.8) is 0 Å². The third-order valence-corrected chi connectivity index (χ3v) is 3.84. The molecule has 0 bridgehead atoms. The molecule has 0 aliphatic carbocycles. The van der Waals surface area contributed by atoms with Crippen molar-refractivity contribution in [1.29, 1.82) is 0 Å². The van der Waals surface area contributed by atoms with Crippen LogP contribution in [0.25, 0.3) is 0 Å². The number of carbonyl (C=O) groups is 1. The van der Waals surface area contributed by atoms with E-state index in [1.807, 2.05) is 0 Å². The van der Waals surface area contributed by atoms with Crippen LogP contribution in [0.1, 0.15) is 25.7 Å². The number of thioether (sulfide) groups is 1. The van der Waals surface area contributed by atoms with Crippen LogP contribution in [-0.4, -0.2) is 34.8 Å². The van der Waals surface area contributed by atoms with E-state index in [9.17, 15) is 14.9 Å². The largest absolute Gasteiger partial charge is 0.396 e. The first-order chi connectivity index (χ1) is 10.1. The van der Waals surface area contributed by atoms with Crippen molar-refractivity contribution in [3.05, 3.63) is 34.4 Å². The number of rotatable bonds is 10. The lowest BCUT2D eigenvalue weighted by Gasteiger charge is -2.05. The van der Waals surface area contributed by atoms with Crippen molar-refractivity contribution in [3.8, 4) is 0 Å². The van der Waals surface area contributed by atoms with Crippen molar-refractivity contribution < 1.29 is 14.8 Å². The molecule has 6 nitrogen and oxygen atoms in total. The van der Waals surface area contributed by atoms with Crippen molar-refractivity contribution in [1.82, 2.24) is 5.32 Å². The Balaban J connectivity index is 2.16. The number of benzene rings is 1. The highest BCUT2D eigenvalue weighted by Gasteiger charge is 2.06. The number of nitro groups is 1. The van der Waals surface area contributed by atoms with Gasteiger partial charge in [-0.05, 0) is 25.0 Å². The molecule has 0 heterocycles. The average molecular weight is 312 g/mol. The Kier molecular flexibility index (Phi) is 8.45. The summed E-state index contributed by atoms with van der Waals surface area (Å²) < 4.78 is 0. The molecule has 0 atom stereocenters. The van der Waals surface area contributed by atoms with E-state index in [0.29, 0.717) is 12.3 Å². The van der Waals surface area contributed by atoms with E-state index in [4.69, 9.17) is 5.11 Å². The van der Waals surface area contributed by atoms with E-state index < -0.39 is 4.92 Å². The number of aliphatic hydroxyl groups is 1. The molecule has 1 aromatic rings. The van der Waals surface area contributed by atoms with Gasteiger partial charge in [0.15, 0.2) is 0 Å². The third kappa shape index (κ3) is 7.67. The van der Waals surface area contributed by atoms with E-state index in [2.05, 4.69) is 5.32 Å². The van der Waals surface area contributed by atoms with E-state index in [1.54, 1.807) is 12.1 Å². The van der Waals surface area contributed by atoms with E-state index in [1.165, 1.54) is 23.9 Å². The Morgan fingerprint density at radius 1 is 1.19 bits per heavy atom. The quantitative estimate of drug-likeness (QED) is 0.299. The molecule has 0 saturated carbocycles. The monoisotopic (exact) mass is 312 g/mol. The maximum atomic E-state index is 11.6. The van der Waals surface area contributed by atoms with Gasteiger partial charge in [0.1, 0.15) is 0 Å². The number of hydrogen-bond acceptors (Lipinski definition) is 5. The lowest BCUT2D eigenvalue weighted by Crippen LogP contribution is -2.26. The number of unbranched alkanes of at least 4 members (excludes halogenated alkanes) is 3. The Hall–Kier alpha value is -1.60. The molecule has 0 aromatic heterocycles. The van der Waals surface area contributed by atoms with Gasteiger partial charge >= 0.3 is 0 Å². The number of nitro benzene ring substituents is 1. The van der Waals surface area contributed by atoms with Crippen LogP contribution < -0.4 is 5.32 Å². The van der Waals surface area contributed by atoms with Crippen molar-refractivity contribution in [2.45, 2.75) is 30.6 Å². The number of nitrogens with one attached hydrogen (secondary N) is 1. The molecule has 0 aliphatic heterocycles. The Morgan fingerprint density at radius 2 is 1.86 bits per heavy atom. The van der Waals surface area contributed by atoms with Gasteiger partial charge in [-0.3, -0.25) is 14.9 Å². The molecule has 0 spiro atoms. The summed E-state index contributed by atoms with van der Waals surface area (Å²) in [4.78, 5) is 22.5. The standard InChI is InChI=1S/C14H20N2O4S/c17-10-4-2-1-3-9-15-14(18)11-21-13-7-5-12(6-8-13)16(19)20/h5-8,17H,1-4,9-11H2,(H,15,18). The van der Waals surface area contributed by atoms with Crippen LogP contribution in [0.15, 0.2) is 29.2 Å². The van der Waals surface area contributed by atoms with Gasteiger partial charge in [-0.15, -0.1) is 11.8 Å². The van der Waals surface area contributed by atoms with Gasteiger partial charge in [0, 0.05) is 30.2 Å². The number of amides is 1. The topological polar surface area (TPSA) is 92.5 Å². The lowest BCUT2D eigenvalue weighted by atomic mass is 10.2. The highest BCUT2D eigenvalue weighted by molar-refractivity contribution is 8.00. The van der Waals surface area contributed by atoms with Crippen molar-refractivity contribution in [2.24, 2.45) is 0 Å². The van der Waals surface area contributed by atoms with E-state index in [0.717, 1.165) is 30.6 Å². The normalized spacial score (nSPS) is 10.3. The molecule has 2 N–H and O–H groups in total. The summed E-state index contributed by atoms with van der Waals surface area (Å²) in [5, 5.41) is 22.0. The fraction of sp³-hybridized carbons (Fsp3) is 0.500. The molecule has 0 saturated heterocycles. The van der Waals surface area contributed by atoms with Crippen LogP contribution in [0.4, 0.5) is 5.69 Å². The molecule has 1 aromatic carbocycles. The minimum atomic E-state index is -0.446. The number of carbonyl (C=O) groups excluding carboxylic acids is 1. The number of non-ortho nitro benzene ring substituents is 1. The summed E-state index contributed by atoms with van der Waals surface area (Å²) in [5.74, 6) is 0.259. The molecule has 0 aliphatic rings. The van der Waals surface area contributed by atoms with Crippen LogP contribution in [0.3, 0.4) is 0 Å². The number of aliphatic hydroxyl groups excluding tert-OH is 1. The third-order valence-electron chi connectivity index (χ3n) is 2.82. The maximum Gasteiger partial charge on any atom is 0.269 e. The first-order valence-corrected chi connectivity index (χ1v) is 7.87. The molecule has 0 fully saturated rings. The van der Waals surface area contributed by atoms with E-state index >= 15 is 0 Å². The van der Waals surface area contributed by atoms with Crippen LogP contribution >= 0.6 is 11.8 Å². The van der Waals surface area contributed by atoms with Gasteiger partial charge in [-0.25, -0.2) is 0 Å². The van der Waals surface area contributed by atoms with Crippen LogP contribution in [0.5, 0.6) is 0 Å². The summed E-state index contributed by atoms with van der Waals surface area (Å²) in [6.07, 6.45) is 3.69. The first-order valence-electron chi connectivity index (χ1n) is 6.88. The molecule has 0 unspecified atom stereocenters. The Labute approximate surface area is 128 Å². The Bertz CT molecular complexity index is 451. The minimum absolute atomic E-state index is 0.0412. The summed E-state index contributed by atoms with van der Waals surface area (Å²) in [5.41, 5.74) is 0.0479. The number of nitrogens with zero attached hydrogens (tertiary/aromatic N) is 1. The van der Waals surface area contributed by atoms with Crippen LogP contribution in [-0.2, 0) is 4.79 Å². The van der Waals surface area contributed by atoms with Crippen molar-refractivity contribution in [2.75, 3.05) is 18.9 Å². The zero-order chi connectivity index (χ0) is 15.5. The second-order valence-electron chi connectivity index (χ2n) is 4.53.